The maximum Gasteiger partial charge on any atom is 0.188 e. The molecule has 0 heterocycles. The van der Waals surface area contributed by atoms with Crippen molar-refractivity contribution in [1.82, 2.24) is 0 Å². The molecule has 0 unspecified atom stereocenters. The van der Waals surface area contributed by atoms with Crippen LogP contribution in [0, 0.1) is 0 Å². The Morgan fingerprint density at radius 2 is 1.70 bits per heavy atom. The van der Waals surface area contributed by atoms with Crippen LogP contribution in [0.1, 0.15) is 29.8 Å². The SMILES string of the molecule is CCOc1ccc(OCC)c(COCC(=O)c2ccccc2)c1. The minimum atomic E-state index is -0.0375. The first-order chi connectivity index (χ1) is 11.2. The van der Waals surface area contributed by atoms with Crippen LogP contribution in [-0.4, -0.2) is 25.6 Å². The molecule has 0 radical (unpaired) electrons. The summed E-state index contributed by atoms with van der Waals surface area (Å²) in [4.78, 5) is 12.0. The average Bonchev–Trinajstić information content (AvgIpc) is 2.58. The van der Waals surface area contributed by atoms with Crippen LogP contribution in [0.3, 0.4) is 0 Å². The van der Waals surface area contributed by atoms with Crippen molar-refractivity contribution in [2.45, 2.75) is 20.5 Å². The van der Waals surface area contributed by atoms with E-state index in [0.717, 1.165) is 17.1 Å². The molecule has 0 bridgehead atoms. The van der Waals surface area contributed by atoms with Crippen molar-refractivity contribution >= 4 is 5.78 Å². The summed E-state index contributed by atoms with van der Waals surface area (Å²) in [5, 5.41) is 0. The summed E-state index contributed by atoms with van der Waals surface area (Å²) in [6.07, 6.45) is 0. The van der Waals surface area contributed by atoms with Gasteiger partial charge in [-0.15, -0.1) is 0 Å². The normalized spacial score (nSPS) is 10.3. The van der Waals surface area contributed by atoms with Gasteiger partial charge in [0.1, 0.15) is 18.1 Å². The molecule has 4 nitrogen and oxygen atoms in total. The average molecular weight is 314 g/mol. The molecule has 0 saturated carbocycles. The third kappa shape index (κ3) is 5.11. The zero-order valence-electron chi connectivity index (χ0n) is 13.6. The summed E-state index contributed by atoms with van der Waals surface area (Å²) in [7, 11) is 0. The maximum absolute atomic E-state index is 12.0. The molecular weight excluding hydrogens is 292 g/mol. The molecule has 0 amide bonds. The molecular formula is C19H22O4. The summed E-state index contributed by atoms with van der Waals surface area (Å²) < 4.78 is 16.7. The van der Waals surface area contributed by atoms with Gasteiger partial charge in [-0.3, -0.25) is 4.79 Å². The van der Waals surface area contributed by atoms with Crippen molar-refractivity contribution < 1.29 is 19.0 Å². The topological polar surface area (TPSA) is 44.8 Å². The van der Waals surface area contributed by atoms with Crippen LogP contribution in [0.15, 0.2) is 48.5 Å². The third-order valence-electron chi connectivity index (χ3n) is 3.23. The van der Waals surface area contributed by atoms with Gasteiger partial charge in [-0.2, -0.15) is 0 Å². The fourth-order valence-corrected chi connectivity index (χ4v) is 2.18. The molecule has 0 spiro atoms. The summed E-state index contributed by atoms with van der Waals surface area (Å²) in [5.41, 5.74) is 1.53. The quantitative estimate of drug-likeness (QED) is 0.659. The van der Waals surface area contributed by atoms with E-state index in [-0.39, 0.29) is 12.4 Å². The smallest absolute Gasteiger partial charge is 0.188 e. The van der Waals surface area contributed by atoms with Gasteiger partial charge < -0.3 is 14.2 Å². The van der Waals surface area contributed by atoms with Crippen LogP contribution in [0.4, 0.5) is 0 Å². The Balaban J connectivity index is 1.98. The standard InChI is InChI=1S/C19H22O4/c1-3-22-17-10-11-19(23-4-2)16(12-17)13-21-14-18(20)15-8-6-5-7-9-15/h5-12H,3-4,13-14H2,1-2H3. The fourth-order valence-electron chi connectivity index (χ4n) is 2.18. The minimum Gasteiger partial charge on any atom is -0.494 e. The van der Waals surface area contributed by atoms with Gasteiger partial charge in [0, 0.05) is 11.1 Å². The first-order valence-electron chi connectivity index (χ1n) is 7.79. The predicted molar refractivity (Wildman–Crippen MR) is 89.2 cm³/mol. The van der Waals surface area contributed by atoms with Crippen LogP contribution in [0.2, 0.25) is 0 Å². The molecule has 2 rings (SSSR count). The van der Waals surface area contributed by atoms with Crippen molar-refractivity contribution in [2.75, 3.05) is 19.8 Å². The van der Waals surface area contributed by atoms with Gasteiger partial charge in [0.15, 0.2) is 5.78 Å². The number of rotatable bonds is 9. The minimum absolute atomic E-state index is 0.0362. The van der Waals surface area contributed by atoms with E-state index in [1.807, 2.05) is 50.2 Å². The van der Waals surface area contributed by atoms with Gasteiger partial charge >= 0.3 is 0 Å². The van der Waals surface area contributed by atoms with Gasteiger partial charge in [-0.25, -0.2) is 0 Å². The molecule has 0 fully saturated rings. The van der Waals surface area contributed by atoms with Crippen molar-refractivity contribution in [1.29, 1.82) is 0 Å². The van der Waals surface area contributed by atoms with E-state index >= 15 is 0 Å². The monoisotopic (exact) mass is 314 g/mol. The lowest BCUT2D eigenvalue weighted by Crippen LogP contribution is -2.09. The summed E-state index contributed by atoms with van der Waals surface area (Å²) in [6, 6.07) is 14.8. The van der Waals surface area contributed by atoms with Crippen LogP contribution < -0.4 is 9.47 Å². The van der Waals surface area contributed by atoms with Crippen molar-refractivity contribution in [3.05, 3.63) is 59.7 Å². The highest BCUT2D eigenvalue weighted by atomic mass is 16.5. The van der Waals surface area contributed by atoms with E-state index in [0.29, 0.717) is 25.4 Å². The molecule has 0 aliphatic heterocycles. The fraction of sp³-hybridized carbons (Fsp3) is 0.316. The Hall–Kier alpha value is -2.33. The van der Waals surface area contributed by atoms with Gasteiger partial charge in [-0.1, -0.05) is 30.3 Å². The summed E-state index contributed by atoms with van der Waals surface area (Å²) in [5.74, 6) is 1.48. The lowest BCUT2D eigenvalue weighted by atomic mass is 10.1. The van der Waals surface area contributed by atoms with Crippen LogP contribution in [0.5, 0.6) is 11.5 Å². The molecule has 0 N–H and O–H groups in total. The maximum atomic E-state index is 12.0. The first kappa shape index (κ1) is 17.0. The van der Waals surface area contributed by atoms with Crippen LogP contribution >= 0.6 is 0 Å². The van der Waals surface area contributed by atoms with Crippen molar-refractivity contribution in [3.8, 4) is 11.5 Å². The highest BCUT2D eigenvalue weighted by Crippen LogP contribution is 2.25. The number of carbonyl (C=O) groups excluding carboxylic acids is 1. The Kier molecular flexibility index (Phi) is 6.63. The molecule has 0 aromatic heterocycles. The van der Waals surface area contributed by atoms with Gasteiger partial charge in [0.05, 0.1) is 19.8 Å². The molecule has 0 atom stereocenters. The van der Waals surface area contributed by atoms with Gasteiger partial charge in [0.2, 0.25) is 0 Å². The Labute approximate surface area is 137 Å². The predicted octanol–water partition coefficient (Wildman–Crippen LogP) is 3.88. The van der Waals surface area contributed by atoms with E-state index in [9.17, 15) is 4.79 Å². The zero-order valence-corrected chi connectivity index (χ0v) is 13.6. The third-order valence-corrected chi connectivity index (χ3v) is 3.23. The molecule has 23 heavy (non-hydrogen) atoms. The highest BCUT2D eigenvalue weighted by Gasteiger charge is 2.09. The Morgan fingerprint density at radius 1 is 0.957 bits per heavy atom. The second-order valence-corrected chi connectivity index (χ2v) is 4.92. The van der Waals surface area contributed by atoms with E-state index < -0.39 is 0 Å². The lowest BCUT2D eigenvalue weighted by Gasteiger charge is -2.12. The number of benzene rings is 2. The van der Waals surface area contributed by atoms with Crippen LogP contribution in [-0.2, 0) is 11.3 Å². The van der Waals surface area contributed by atoms with Gasteiger partial charge in [0.25, 0.3) is 0 Å². The molecule has 0 saturated heterocycles. The molecule has 2 aromatic carbocycles. The Bertz CT molecular complexity index is 623. The molecule has 122 valence electrons. The number of ether oxygens (including phenoxy) is 3. The molecule has 0 aliphatic carbocycles. The Morgan fingerprint density at radius 3 is 2.39 bits per heavy atom. The van der Waals surface area contributed by atoms with Crippen LogP contribution in [0.25, 0.3) is 0 Å². The lowest BCUT2D eigenvalue weighted by molar-refractivity contribution is 0.0721. The number of hydrogen-bond acceptors (Lipinski definition) is 4. The number of hydrogen-bond donors (Lipinski definition) is 0. The summed E-state index contributed by atoms with van der Waals surface area (Å²) in [6.45, 7) is 5.37. The van der Waals surface area contributed by atoms with E-state index in [1.54, 1.807) is 12.1 Å². The molecule has 2 aromatic rings. The van der Waals surface area contributed by atoms with Gasteiger partial charge in [-0.05, 0) is 32.0 Å². The molecule has 4 heteroatoms. The zero-order chi connectivity index (χ0) is 16.5. The molecule has 0 aliphatic rings. The largest absolute Gasteiger partial charge is 0.494 e. The van der Waals surface area contributed by atoms with E-state index in [1.165, 1.54) is 0 Å². The van der Waals surface area contributed by atoms with E-state index in [4.69, 9.17) is 14.2 Å². The number of ketones is 1. The van der Waals surface area contributed by atoms with E-state index in [2.05, 4.69) is 0 Å². The first-order valence-corrected chi connectivity index (χ1v) is 7.79. The number of Topliss-reactive ketones (excluding diaryl/α,β-unsaturated/α-hetero) is 1. The highest BCUT2D eigenvalue weighted by molar-refractivity contribution is 5.96. The van der Waals surface area contributed by atoms with Crippen molar-refractivity contribution in [3.63, 3.8) is 0 Å². The van der Waals surface area contributed by atoms with Crippen molar-refractivity contribution in [2.24, 2.45) is 0 Å². The second-order valence-electron chi connectivity index (χ2n) is 4.92. The number of carbonyl (C=O) groups is 1. The second kappa shape index (κ2) is 8.96. The summed E-state index contributed by atoms with van der Waals surface area (Å²) >= 11 is 0.